The zero-order chi connectivity index (χ0) is 16.5. The highest BCUT2D eigenvalue weighted by atomic mass is 35.5. The van der Waals surface area contributed by atoms with E-state index in [1.54, 1.807) is 0 Å². The lowest BCUT2D eigenvalue weighted by Gasteiger charge is -2.03. The Bertz CT molecular complexity index is 1050. The Kier molecular flexibility index (Phi) is 3.92. The van der Waals surface area contributed by atoms with Crippen molar-refractivity contribution in [3.05, 3.63) is 86.7 Å². The van der Waals surface area contributed by atoms with Gasteiger partial charge >= 0.3 is 0 Å². The molecule has 0 amide bonds. The predicted molar refractivity (Wildman–Crippen MR) is 99.9 cm³/mol. The molecule has 2 heterocycles. The highest BCUT2D eigenvalue weighted by Gasteiger charge is 2.13. The van der Waals surface area contributed by atoms with Crippen molar-refractivity contribution >= 4 is 33.2 Å². The Hall–Kier alpha value is -2.43. The number of rotatable bonds is 3. The molecular weight excluding hydrogens is 340 g/mol. The fraction of sp³-hybridized carbons (Fsp3) is 0.0526. The average molecular weight is 353 g/mol. The van der Waals surface area contributed by atoms with Gasteiger partial charge in [0.15, 0.2) is 0 Å². The van der Waals surface area contributed by atoms with Crippen LogP contribution in [0.3, 0.4) is 0 Å². The normalized spacial score (nSPS) is 11.0. The van der Waals surface area contributed by atoms with Crippen LogP contribution < -0.4 is 5.56 Å². The summed E-state index contributed by atoms with van der Waals surface area (Å²) >= 11 is 7.43. The molecule has 0 aliphatic carbocycles. The molecule has 0 radical (unpaired) electrons. The van der Waals surface area contributed by atoms with Crippen molar-refractivity contribution in [2.24, 2.45) is 0 Å². The molecule has 0 saturated heterocycles. The van der Waals surface area contributed by atoms with Gasteiger partial charge in [-0.1, -0.05) is 54.1 Å². The number of fused-ring (bicyclic) bond motifs is 1. The highest BCUT2D eigenvalue weighted by Crippen LogP contribution is 2.31. The molecule has 5 heteroatoms. The van der Waals surface area contributed by atoms with E-state index in [1.807, 2.05) is 60.0 Å². The summed E-state index contributed by atoms with van der Waals surface area (Å²) in [6, 6.07) is 17.5. The second kappa shape index (κ2) is 6.23. The number of hydrogen-bond donors (Lipinski definition) is 1. The molecule has 3 nitrogen and oxygen atoms in total. The van der Waals surface area contributed by atoms with Gasteiger partial charge < -0.3 is 4.98 Å². The van der Waals surface area contributed by atoms with Gasteiger partial charge in [0.25, 0.3) is 5.56 Å². The SMILES string of the molecule is O=c1[nH]c(Cc2ccccc2)nc2scc(-c3ccc(Cl)cc3)c12. The number of aromatic nitrogens is 2. The molecule has 0 saturated carbocycles. The smallest absolute Gasteiger partial charge is 0.260 e. The first-order chi connectivity index (χ1) is 11.7. The third kappa shape index (κ3) is 2.86. The number of nitrogens with one attached hydrogen (secondary N) is 1. The maximum Gasteiger partial charge on any atom is 0.260 e. The van der Waals surface area contributed by atoms with Crippen LogP contribution in [0.5, 0.6) is 0 Å². The molecule has 24 heavy (non-hydrogen) atoms. The van der Waals surface area contributed by atoms with Gasteiger partial charge in [0.1, 0.15) is 10.7 Å². The van der Waals surface area contributed by atoms with Gasteiger partial charge in [0, 0.05) is 22.4 Å². The molecule has 0 spiro atoms. The Morgan fingerprint density at radius 2 is 1.79 bits per heavy atom. The van der Waals surface area contributed by atoms with Crippen molar-refractivity contribution in [2.45, 2.75) is 6.42 Å². The Morgan fingerprint density at radius 3 is 2.54 bits per heavy atom. The second-order valence-electron chi connectivity index (χ2n) is 5.51. The summed E-state index contributed by atoms with van der Waals surface area (Å²) < 4.78 is 0. The van der Waals surface area contributed by atoms with Crippen LogP contribution in [0, 0.1) is 0 Å². The summed E-state index contributed by atoms with van der Waals surface area (Å²) in [6.45, 7) is 0. The fourth-order valence-electron chi connectivity index (χ4n) is 2.71. The third-order valence-corrected chi connectivity index (χ3v) is 4.99. The molecule has 0 atom stereocenters. The van der Waals surface area contributed by atoms with E-state index in [4.69, 9.17) is 11.6 Å². The van der Waals surface area contributed by atoms with E-state index in [0.717, 1.165) is 21.5 Å². The largest absolute Gasteiger partial charge is 0.310 e. The Labute approximate surface area is 147 Å². The lowest BCUT2D eigenvalue weighted by Crippen LogP contribution is -2.11. The van der Waals surface area contributed by atoms with Crippen LogP contribution in [0.1, 0.15) is 11.4 Å². The van der Waals surface area contributed by atoms with E-state index in [1.165, 1.54) is 11.3 Å². The molecular formula is C19H13ClN2OS. The molecule has 118 valence electrons. The minimum atomic E-state index is -0.0999. The van der Waals surface area contributed by atoms with E-state index in [2.05, 4.69) is 9.97 Å². The molecule has 0 aliphatic heterocycles. The minimum absolute atomic E-state index is 0.0999. The van der Waals surface area contributed by atoms with Crippen molar-refractivity contribution in [1.29, 1.82) is 0 Å². The maximum atomic E-state index is 12.6. The Balaban J connectivity index is 1.78. The van der Waals surface area contributed by atoms with E-state index in [-0.39, 0.29) is 5.56 Å². The summed E-state index contributed by atoms with van der Waals surface area (Å²) in [4.78, 5) is 20.9. The topological polar surface area (TPSA) is 45.8 Å². The molecule has 2 aromatic carbocycles. The number of benzene rings is 2. The van der Waals surface area contributed by atoms with E-state index < -0.39 is 0 Å². The van der Waals surface area contributed by atoms with Crippen LogP contribution in [0.4, 0.5) is 0 Å². The number of hydrogen-bond acceptors (Lipinski definition) is 3. The van der Waals surface area contributed by atoms with Crippen LogP contribution in [0.2, 0.25) is 5.02 Å². The minimum Gasteiger partial charge on any atom is -0.310 e. The molecule has 4 rings (SSSR count). The van der Waals surface area contributed by atoms with Gasteiger partial charge in [0.2, 0.25) is 0 Å². The number of aromatic amines is 1. The van der Waals surface area contributed by atoms with Crippen LogP contribution in [-0.4, -0.2) is 9.97 Å². The quantitative estimate of drug-likeness (QED) is 0.570. The number of H-pyrrole nitrogens is 1. The molecule has 0 fully saturated rings. The van der Waals surface area contributed by atoms with E-state index in [9.17, 15) is 4.79 Å². The van der Waals surface area contributed by atoms with Crippen molar-refractivity contribution in [1.82, 2.24) is 9.97 Å². The second-order valence-corrected chi connectivity index (χ2v) is 6.81. The molecule has 2 aromatic heterocycles. The number of thiophene rings is 1. The summed E-state index contributed by atoms with van der Waals surface area (Å²) in [5.41, 5.74) is 2.88. The van der Waals surface area contributed by atoms with Gasteiger partial charge in [-0.2, -0.15) is 0 Å². The molecule has 1 N–H and O–H groups in total. The van der Waals surface area contributed by atoms with Crippen LogP contribution in [-0.2, 0) is 6.42 Å². The molecule has 0 unspecified atom stereocenters. The van der Waals surface area contributed by atoms with Gasteiger partial charge in [-0.15, -0.1) is 11.3 Å². The number of nitrogens with zero attached hydrogens (tertiary/aromatic N) is 1. The number of halogens is 1. The van der Waals surface area contributed by atoms with Gasteiger partial charge in [-0.3, -0.25) is 4.79 Å². The van der Waals surface area contributed by atoms with Crippen molar-refractivity contribution in [3.8, 4) is 11.1 Å². The van der Waals surface area contributed by atoms with Crippen molar-refractivity contribution in [2.75, 3.05) is 0 Å². The van der Waals surface area contributed by atoms with E-state index >= 15 is 0 Å². The van der Waals surface area contributed by atoms with Crippen LogP contribution in [0.25, 0.3) is 21.3 Å². The summed E-state index contributed by atoms with van der Waals surface area (Å²) in [7, 11) is 0. The van der Waals surface area contributed by atoms with E-state index in [0.29, 0.717) is 22.7 Å². The summed E-state index contributed by atoms with van der Waals surface area (Å²) in [6.07, 6.45) is 0.611. The lowest BCUT2D eigenvalue weighted by molar-refractivity contribution is 0.977. The predicted octanol–water partition coefficient (Wildman–Crippen LogP) is 4.90. The average Bonchev–Trinajstić information content (AvgIpc) is 3.01. The first kappa shape index (κ1) is 15.1. The molecule has 0 bridgehead atoms. The molecule has 4 aromatic rings. The van der Waals surface area contributed by atoms with Crippen LogP contribution in [0.15, 0.2) is 64.8 Å². The van der Waals surface area contributed by atoms with Crippen molar-refractivity contribution < 1.29 is 0 Å². The summed E-state index contributed by atoms with van der Waals surface area (Å²) in [5.74, 6) is 0.684. The lowest BCUT2D eigenvalue weighted by atomic mass is 10.1. The van der Waals surface area contributed by atoms with Crippen molar-refractivity contribution in [3.63, 3.8) is 0 Å². The first-order valence-corrected chi connectivity index (χ1v) is 8.77. The third-order valence-electron chi connectivity index (χ3n) is 3.86. The zero-order valence-electron chi connectivity index (χ0n) is 12.6. The standard InChI is InChI=1S/C19H13ClN2OS/c20-14-8-6-13(7-9-14)15-11-24-19-17(15)18(23)21-16(22-19)10-12-4-2-1-3-5-12/h1-9,11H,10H2,(H,21,22,23). The highest BCUT2D eigenvalue weighted by molar-refractivity contribution is 7.17. The summed E-state index contributed by atoms with van der Waals surface area (Å²) in [5, 5.41) is 3.29. The zero-order valence-corrected chi connectivity index (χ0v) is 14.2. The van der Waals surface area contributed by atoms with Gasteiger partial charge in [0.05, 0.1) is 5.39 Å². The molecule has 0 aliphatic rings. The Morgan fingerprint density at radius 1 is 1.04 bits per heavy atom. The fourth-order valence-corrected chi connectivity index (χ4v) is 3.80. The maximum absolute atomic E-state index is 12.6. The van der Waals surface area contributed by atoms with Gasteiger partial charge in [-0.25, -0.2) is 4.98 Å². The van der Waals surface area contributed by atoms with Gasteiger partial charge in [-0.05, 0) is 23.3 Å². The first-order valence-electron chi connectivity index (χ1n) is 7.51. The van der Waals surface area contributed by atoms with Crippen LogP contribution >= 0.6 is 22.9 Å². The monoisotopic (exact) mass is 352 g/mol.